The number of rotatable bonds is 8. The zero-order valence-electron chi connectivity index (χ0n) is 15.3. The van der Waals surface area contributed by atoms with Crippen LogP contribution in [0.4, 0.5) is 4.39 Å². The number of halogens is 2. The molecular formula is C18H26FIN4OS. The highest BCUT2D eigenvalue weighted by molar-refractivity contribution is 14.0. The third-order valence-electron chi connectivity index (χ3n) is 3.75. The third kappa shape index (κ3) is 6.46. The van der Waals surface area contributed by atoms with Crippen molar-refractivity contribution in [1.29, 1.82) is 0 Å². The molecule has 0 aliphatic heterocycles. The number of hydrogen-bond acceptors (Lipinski definition) is 4. The summed E-state index contributed by atoms with van der Waals surface area (Å²) in [6.45, 7) is 5.42. The number of nitrogens with one attached hydrogen (secondary N) is 2. The Labute approximate surface area is 175 Å². The van der Waals surface area contributed by atoms with Crippen molar-refractivity contribution in [2.24, 2.45) is 4.99 Å². The van der Waals surface area contributed by atoms with Crippen molar-refractivity contribution in [2.75, 3.05) is 19.3 Å². The van der Waals surface area contributed by atoms with Gasteiger partial charge in [-0.1, -0.05) is 31.1 Å². The van der Waals surface area contributed by atoms with E-state index in [1.165, 1.54) is 17.8 Å². The second-order valence-electron chi connectivity index (χ2n) is 5.37. The summed E-state index contributed by atoms with van der Waals surface area (Å²) in [5, 5.41) is 10.6. The molecule has 0 amide bonds. The smallest absolute Gasteiger partial charge is 0.191 e. The van der Waals surface area contributed by atoms with Gasteiger partial charge in [-0.3, -0.25) is 4.99 Å². The van der Waals surface area contributed by atoms with E-state index in [1.807, 2.05) is 6.07 Å². The minimum Gasteiger partial charge on any atom is -0.361 e. The highest BCUT2D eigenvalue weighted by atomic mass is 127. The van der Waals surface area contributed by atoms with Gasteiger partial charge in [0.1, 0.15) is 11.6 Å². The van der Waals surface area contributed by atoms with Crippen LogP contribution < -0.4 is 10.6 Å². The first-order valence-electron chi connectivity index (χ1n) is 8.47. The Morgan fingerprint density at radius 2 is 2.00 bits per heavy atom. The van der Waals surface area contributed by atoms with Crippen LogP contribution in [-0.2, 0) is 19.4 Å². The average Bonchev–Trinajstić information content (AvgIpc) is 3.04. The molecule has 144 valence electrons. The number of thioether (sulfide) groups is 1. The lowest BCUT2D eigenvalue weighted by Crippen LogP contribution is -2.38. The first-order chi connectivity index (χ1) is 12.2. The molecule has 26 heavy (non-hydrogen) atoms. The summed E-state index contributed by atoms with van der Waals surface area (Å²) in [6.07, 6.45) is 1.65. The number of nitrogens with zero attached hydrogens (tertiary/aromatic N) is 2. The van der Waals surface area contributed by atoms with Gasteiger partial charge in [0.15, 0.2) is 5.96 Å². The molecule has 0 unspecified atom stereocenters. The van der Waals surface area contributed by atoms with E-state index in [1.54, 1.807) is 19.2 Å². The molecule has 0 spiro atoms. The Hall–Kier alpha value is -1.29. The van der Waals surface area contributed by atoms with E-state index in [0.717, 1.165) is 35.6 Å². The summed E-state index contributed by atoms with van der Waals surface area (Å²) in [5.74, 6) is 2.19. The van der Waals surface area contributed by atoms with Gasteiger partial charge < -0.3 is 15.2 Å². The van der Waals surface area contributed by atoms with Gasteiger partial charge in [-0.15, -0.1) is 35.7 Å². The second kappa shape index (κ2) is 12.2. The maximum Gasteiger partial charge on any atom is 0.191 e. The molecule has 0 aliphatic carbocycles. The van der Waals surface area contributed by atoms with Crippen molar-refractivity contribution in [1.82, 2.24) is 15.8 Å². The minimum absolute atomic E-state index is 0. The van der Waals surface area contributed by atoms with E-state index in [4.69, 9.17) is 4.52 Å². The van der Waals surface area contributed by atoms with Gasteiger partial charge in [-0.25, -0.2) is 4.39 Å². The van der Waals surface area contributed by atoms with E-state index in [0.29, 0.717) is 23.9 Å². The summed E-state index contributed by atoms with van der Waals surface area (Å²) in [5.41, 5.74) is 2.09. The van der Waals surface area contributed by atoms with Crippen LogP contribution in [0.5, 0.6) is 0 Å². The number of hydrogen-bond donors (Lipinski definition) is 2. The van der Waals surface area contributed by atoms with Crippen LogP contribution in [0.2, 0.25) is 0 Å². The van der Waals surface area contributed by atoms with E-state index >= 15 is 0 Å². The molecule has 5 nitrogen and oxygen atoms in total. The van der Waals surface area contributed by atoms with Crippen LogP contribution in [-0.4, -0.2) is 30.5 Å². The largest absolute Gasteiger partial charge is 0.361 e. The molecule has 8 heteroatoms. The molecule has 0 aliphatic rings. The Morgan fingerprint density at radius 1 is 1.23 bits per heavy atom. The van der Waals surface area contributed by atoms with Gasteiger partial charge in [-0.05, 0) is 18.6 Å². The topological polar surface area (TPSA) is 62.5 Å². The number of aromatic nitrogens is 1. The zero-order chi connectivity index (χ0) is 18.1. The number of aliphatic imine (C=N–C) groups is 1. The molecule has 2 N–H and O–H groups in total. The minimum atomic E-state index is -0.179. The van der Waals surface area contributed by atoms with E-state index in [-0.39, 0.29) is 29.8 Å². The summed E-state index contributed by atoms with van der Waals surface area (Å²) in [4.78, 5) is 4.88. The van der Waals surface area contributed by atoms with Crippen molar-refractivity contribution in [3.63, 3.8) is 0 Å². The molecule has 1 heterocycles. The molecule has 0 bridgehead atoms. The van der Waals surface area contributed by atoms with Gasteiger partial charge in [0.2, 0.25) is 0 Å². The van der Waals surface area contributed by atoms with Crippen molar-refractivity contribution < 1.29 is 8.91 Å². The Kier molecular flexibility index (Phi) is 10.6. The molecule has 0 fully saturated rings. The number of guanidine groups is 1. The van der Waals surface area contributed by atoms with Crippen LogP contribution in [0, 0.1) is 5.82 Å². The number of aryl methyl sites for hydroxylation is 2. The van der Waals surface area contributed by atoms with Crippen molar-refractivity contribution >= 4 is 41.7 Å². The zero-order valence-corrected chi connectivity index (χ0v) is 18.5. The molecule has 2 rings (SSSR count). The molecule has 0 saturated carbocycles. The SMILES string of the molecule is CCc1noc(CC)c1CNC(=NC)NCCSc1ccccc1F.I. The standard InChI is InChI=1S/C18H25FN4OS.HI/c1-4-15-13(16(5-2)24-23-15)12-22-18(20-3)21-10-11-25-17-9-7-6-8-14(17)19;/h6-9H,4-5,10-12H2,1-3H3,(H2,20,21,22);1H. The van der Waals surface area contributed by atoms with Crippen LogP contribution >= 0.6 is 35.7 Å². The molecule has 2 aromatic rings. The maximum absolute atomic E-state index is 13.6. The average molecular weight is 492 g/mol. The van der Waals surface area contributed by atoms with Gasteiger partial charge >= 0.3 is 0 Å². The molecule has 0 radical (unpaired) electrons. The summed E-state index contributed by atoms with van der Waals surface area (Å²) < 4.78 is 18.9. The van der Waals surface area contributed by atoms with E-state index < -0.39 is 0 Å². The fourth-order valence-corrected chi connectivity index (χ4v) is 3.23. The summed E-state index contributed by atoms with van der Waals surface area (Å²) >= 11 is 1.48. The molecule has 1 aromatic heterocycles. The summed E-state index contributed by atoms with van der Waals surface area (Å²) in [7, 11) is 1.73. The van der Waals surface area contributed by atoms with Gasteiger partial charge in [0.25, 0.3) is 0 Å². The first kappa shape index (κ1) is 22.8. The predicted molar refractivity (Wildman–Crippen MR) is 116 cm³/mol. The van der Waals surface area contributed by atoms with Crippen molar-refractivity contribution in [3.05, 3.63) is 47.1 Å². The lowest BCUT2D eigenvalue weighted by Gasteiger charge is -2.12. The van der Waals surface area contributed by atoms with Gasteiger partial charge in [-0.2, -0.15) is 0 Å². The Bertz CT molecular complexity index is 687. The third-order valence-corrected chi connectivity index (χ3v) is 4.80. The maximum atomic E-state index is 13.6. The van der Waals surface area contributed by atoms with E-state index in [9.17, 15) is 4.39 Å². The lowest BCUT2D eigenvalue weighted by molar-refractivity contribution is 0.380. The highest BCUT2D eigenvalue weighted by Crippen LogP contribution is 2.20. The highest BCUT2D eigenvalue weighted by Gasteiger charge is 2.13. The van der Waals surface area contributed by atoms with Crippen LogP contribution in [0.3, 0.4) is 0 Å². The fourth-order valence-electron chi connectivity index (χ4n) is 2.42. The fraction of sp³-hybridized carbons (Fsp3) is 0.444. The van der Waals surface area contributed by atoms with Gasteiger partial charge in [0.05, 0.1) is 5.69 Å². The predicted octanol–water partition coefficient (Wildman–Crippen LogP) is 4.01. The van der Waals surface area contributed by atoms with Crippen molar-refractivity contribution in [2.45, 2.75) is 38.1 Å². The van der Waals surface area contributed by atoms with Crippen LogP contribution in [0.15, 0.2) is 38.7 Å². The quantitative estimate of drug-likeness (QED) is 0.192. The Balaban J connectivity index is 0.00000338. The first-order valence-corrected chi connectivity index (χ1v) is 9.46. The van der Waals surface area contributed by atoms with Gasteiger partial charge in [0, 0.05) is 42.8 Å². The second-order valence-corrected chi connectivity index (χ2v) is 6.51. The lowest BCUT2D eigenvalue weighted by atomic mass is 10.1. The molecule has 0 atom stereocenters. The number of benzene rings is 1. The Morgan fingerprint density at radius 3 is 2.65 bits per heavy atom. The summed E-state index contributed by atoms with van der Waals surface area (Å²) in [6, 6.07) is 6.81. The van der Waals surface area contributed by atoms with Crippen molar-refractivity contribution in [3.8, 4) is 0 Å². The molecule has 1 aromatic carbocycles. The monoisotopic (exact) mass is 492 g/mol. The molecule has 0 saturated heterocycles. The van der Waals surface area contributed by atoms with Crippen LogP contribution in [0.1, 0.15) is 30.9 Å². The molecular weight excluding hydrogens is 466 g/mol. The van der Waals surface area contributed by atoms with Crippen LogP contribution in [0.25, 0.3) is 0 Å². The van der Waals surface area contributed by atoms with E-state index in [2.05, 4.69) is 34.6 Å². The normalized spacial score (nSPS) is 11.2.